The lowest BCUT2D eigenvalue weighted by molar-refractivity contribution is 0.0487. The molecule has 1 saturated heterocycles. The van der Waals surface area contributed by atoms with Gasteiger partial charge in [0.1, 0.15) is 18.5 Å². The lowest BCUT2D eigenvalue weighted by Crippen LogP contribution is -2.50. The van der Waals surface area contributed by atoms with E-state index in [1.165, 1.54) is 16.7 Å². The molecule has 2 aliphatic rings. The Balaban J connectivity index is 1.04. The number of piperazine rings is 1. The first-order valence-electron chi connectivity index (χ1n) is 12.3. The molecule has 2 aromatic carbocycles. The van der Waals surface area contributed by atoms with Crippen molar-refractivity contribution in [2.75, 3.05) is 45.9 Å². The zero-order valence-corrected chi connectivity index (χ0v) is 21.6. The number of fused-ring (bicyclic) bond motifs is 1. The third-order valence-corrected chi connectivity index (χ3v) is 7.79. The smallest absolute Gasteiger partial charge is 0.158 e. The van der Waals surface area contributed by atoms with Gasteiger partial charge in [0.25, 0.3) is 0 Å². The molecule has 5 rings (SSSR count). The van der Waals surface area contributed by atoms with E-state index in [1.807, 2.05) is 25.1 Å². The molecule has 0 radical (unpaired) electrons. The number of thiazole rings is 1. The molecule has 0 aliphatic carbocycles. The quantitative estimate of drug-likeness (QED) is 0.509. The normalized spacial score (nSPS) is 20.1. The molecule has 0 saturated carbocycles. The van der Waals surface area contributed by atoms with Gasteiger partial charge in [-0.1, -0.05) is 23.4 Å². The molecule has 1 fully saturated rings. The van der Waals surface area contributed by atoms with Crippen LogP contribution in [0.3, 0.4) is 0 Å². The number of benzene rings is 2. The SMILES string of the molecule is Cc1nc2cc(OC[C@H](O)CN3CCN(CC4=NOC(c5c(C)cccc5C)C4)CC3)ccc2s1. The molecule has 8 heteroatoms. The third-order valence-electron chi connectivity index (χ3n) is 6.84. The minimum absolute atomic E-state index is 0.0305. The summed E-state index contributed by atoms with van der Waals surface area (Å²) in [6.07, 6.45) is 0.358. The molecule has 3 aromatic rings. The Labute approximate surface area is 211 Å². The lowest BCUT2D eigenvalue weighted by atomic mass is 9.95. The van der Waals surface area contributed by atoms with Gasteiger partial charge in [0.2, 0.25) is 0 Å². The van der Waals surface area contributed by atoms with Crippen LogP contribution in [0.1, 0.15) is 34.2 Å². The molecule has 35 heavy (non-hydrogen) atoms. The molecule has 0 spiro atoms. The molecule has 2 atom stereocenters. The maximum absolute atomic E-state index is 10.5. The van der Waals surface area contributed by atoms with Crippen molar-refractivity contribution in [3.63, 3.8) is 0 Å². The number of nitrogens with zero attached hydrogens (tertiary/aromatic N) is 4. The number of hydrogen-bond donors (Lipinski definition) is 1. The number of hydrogen-bond acceptors (Lipinski definition) is 8. The minimum Gasteiger partial charge on any atom is -0.491 e. The molecule has 3 heterocycles. The van der Waals surface area contributed by atoms with E-state index < -0.39 is 6.10 Å². The highest BCUT2D eigenvalue weighted by Crippen LogP contribution is 2.32. The predicted octanol–water partition coefficient (Wildman–Crippen LogP) is 4.10. The molecule has 0 bridgehead atoms. The van der Waals surface area contributed by atoms with Crippen molar-refractivity contribution in [3.05, 3.63) is 58.1 Å². The van der Waals surface area contributed by atoms with Crippen LogP contribution in [0.4, 0.5) is 0 Å². The Hall–Kier alpha value is -2.52. The van der Waals surface area contributed by atoms with Crippen LogP contribution in [-0.2, 0) is 4.84 Å². The largest absolute Gasteiger partial charge is 0.491 e. The van der Waals surface area contributed by atoms with Gasteiger partial charge in [-0.25, -0.2) is 4.98 Å². The average Bonchev–Trinajstić information content (AvgIpc) is 3.44. The van der Waals surface area contributed by atoms with Crippen LogP contribution < -0.4 is 4.74 Å². The van der Waals surface area contributed by atoms with E-state index in [0.29, 0.717) is 6.54 Å². The zero-order chi connectivity index (χ0) is 24.4. The van der Waals surface area contributed by atoms with E-state index in [-0.39, 0.29) is 12.7 Å². The van der Waals surface area contributed by atoms with Crippen LogP contribution >= 0.6 is 11.3 Å². The van der Waals surface area contributed by atoms with Crippen LogP contribution in [0.2, 0.25) is 0 Å². The lowest BCUT2D eigenvalue weighted by Gasteiger charge is -2.35. The number of aromatic nitrogens is 1. The number of aliphatic hydroxyl groups excluding tert-OH is 1. The first-order valence-corrected chi connectivity index (χ1v) is 13.2. The summed E-state index contributed by atoms with van der Waals surface area (Å²) < 4.78 is 7.00. The summed E-state index contributed by atoms with van der Waals surface area (Å²) in [5.74, 6) is 0.755. The van der Waals surface area contributed by atoms with Crippen LogP contribution in [-0.4, -0.2) is 77.6 Å². The van der Waals surface area contributed by atoms with Gasteiger partial charge < -0.3 is 14.7 Å². The Bertz CT molecular complexity index is 1180. The molecule has 7 nitrogen and oxygen atoms in total. The Morgan fingerprint density at radius 2 is 1.83 bits per heavy atom. The number of rotatable bonds is 8. The van der Waals surface area contributed by atoms with E-state index in [1.54, 1.807) is 11.3 Å². The van der Waals surface area contributed by atoms with Crippen LogP contribution in [0.15, 0.2) is 41.6 Å². The first-order chi connectivity index (χ1) is 16.9. The number of aryl methyl sites for hydroxylation is 3. The summed E-state index contributed by atoms with van der Waals surface area (Å²) in [5.41, 5.74) is 5.87. The van der Waals surface area contributed by atoms with E-state index >= 15 is 0 Å². The maximum Gasteiger partial charge on any atom is 0.158 e. The maximum atomic E-state index is 10.5. The third kappa shape index (κ3) is 5.83. The van der Waals surface area contributed by atoms with Crippen LogP contribution in [0.5, 0.6) is 5.75 Å². The topological polar surface area (TPSA) is 70.4 Å². The fraction of sp³-hybridized carbons (Fsp3) is 0.481. The highest BCUT2D eigenvalue weighted by Gasteiger charge is 2.28. The van der Waals surface area contributed by atoms with E-state index in [0.717, 1.165) is 65.8 Å². The molecule has 0 amide bonds. The van der Waals surface area contributed by atoms with Crippen LogP contribution in [0, 0.1) is 20.8 Å². The van der Waals surface area contributed by atoms with Crippen molar-refractivity contribution >= 4 is 27.3 Å². The summed E-state index contributed by atoms with van der Waals surface area (Å²) in [5, 5.41) is 16.0. The first kappa shape index (κ1) is 24.2. The van der Waals surface area contributed by atoms with Gasteiger partial charge in [0, 0.05) is 57.3 Å². The molecule has 1 aromatic heterocycles. The number of ether oxygens (including phenoxy) is 1. The summed E-state index contributed by atoms with van der Waals surface area (Å²) >= 11 is 1.68. The highest BCUT2D eigenvalue weighted by atomic mass is 32.1. The fourth-order valence-corrected chi connectivity index (χ4v) is 5.86. The van der Waals surface area contributed by atoms with Gasteiger partial charge in [-0.2, -0.15) is 0 Å². The summed E-state index contributed by atoms with van der Waals surface area (Å²) in [4.78, 5) is 15.1. The molecule has 1 N–H and O–H groups in total. The average molecular weight is 495 g/mol. The Morgan fingerprint density at radius 3 is 2.60 bits per heavy atom. The van der Waals surface area contributed by atoms with Crippen molar-refractivity contribution in [2.45, 2.75) is 39.4 Å². The van der Waals surface area contributed by atoms with E-state index in [9.17, 15) is 5.11 Å². The molecular formula is C27H34N4O3S. The van der Waals surface area contributed by atoms with Gasteiger partial charge in [0.15, 0.2) is 6.10 Å². The highest BCUT2D eigenvalue weighted by molar-refractivity contribution is 7.18. The number of β-amino-alcohol motifs (C(OH)–C–C–N with tert-alkyl or cyclic N) is 1. The predicted molar refractivity (Wildman–Crippen MR) is 141 cm³/mol. The van der Waals surface area contributed by atoms with Crippen molar-refractivity contribution in [1.82, 2.24) is 14.8 Å². The van der Waals surface area contributed by atoms with Gasteiger partial charge in [-0.05, 0) is 44.0 Å². The standard InChI is InChI=1S/C27H34N4O3S/c1-18-5-4-6-19(2)27(18)25-13-21(29-34-25)15-30-9-11-31(12-10-30)16-22(32)17-33-23-7-8-26-24(14-23)28-20(3)35-26/h4-8,14,22,25,32H,9-13,15-17H2,1-3H3/t22-,25?/m1/s1. The van der Waals surface area contributed by atoms with E-state index in [4.69, 9.17) is 9.57 Å². The number of oxime groups is 1. The molecule has 2 aliphatic heterocycles. The second-order valence-electron chi connectivity index (χ2n) is 9.67. The second-order valence-corrected chi connectivity index (χ2v) is 10.9. The summed E-state index contributed by atoms with van der Waals surface area (Å²) in [7, 11) is 0. The number of aliphatic hydroxyl groups is 1. The van der Waals surface area contributed by atoms with Gasteiger partial charge >= 0.3 is 0 Å². The van der Waals surface area contributed by atoms with Crippen molar-refractivity contribution in [2.24, 2.45) is 5.16 Å². The van der Waals surface area contributed by atoms with Crippen molar-refractivity contribution < 1.29 is 14.7 Å². The van der Waals surface area contributed by atoms with Crippen molar-refractivity contribution in [3.8, 4) is 5.75 Å². The summed E-state index contributed by atoms with van der Waals surface area (Å²) in [6, 6.07) is 12.3. The zero-order valence-electron chi connectivity index (χ0n) is 20.7. The molecule has 1 unspecified atom stereocenters. The monoisotopic (exact) mass is 494 g/mol. The minimum atomic E-state index is -0.528. The summed E-state index contributed by atoms with van der Waals surface area (Å²) in [6.45, 7) is 11.8. The second kappa shape index (κ2) is 10.6. The van der Waals surface area contributed by atoms with Crippen molar-refractivity contribution in [1.29, 1.82) is 0 Å². The van der Waals surface area contributed by atoms with Gasteiger partial charge in [-0.3, -0.25) is 9.80 Å². The molecular weight excluding hydrogens is 460 g/mol. The van der Waals surface area contributed by atoms with Crippen LogP contribution in [0.25, 0.3) is 10.2 Å². The van der Waals surface area contributed by atoms with Gasteiger partial charge in [-0.15, -0.1) is 11.3 Å². The Morgan fingerprint density at radius 1 is 1.09 bits per heavy atom. The van der Waals surface area contributed by atoms with Gasteiger partial charge in [0.05, 0.1) is 20.9 Å². The Kier molecular flexibility index (Phi) is 7.34. The fourth-order valence-electron chi connectivity index (χ4n) is 5.05. The van der Waals surface area contributed by atoms with E-state index in [2.05, 4.69) is 52.0 Å². The molecule has 186 valence electrons.